The van der Waals surface area contributed by atoms with Crippen molar-refractivity contribution < 1.29 is 19.5 Å². The van der Waals surface area contributed by atoms with E-state index in [2.05, 4.69) is 5.32 Å². The van der Waals surface area contributed by atoms with Crippen molar-refractivity contribution in [1.29, 1.82) is 0 Å². The Bertz CT molecular complexity index is 664. The number of hydrogen-bond donors (Lipinski definition) is 3. The summed E-state index contributed by atoms with van der Waals surface area (Å²) in [6, 6.07) is 0. The molecule has 0 unspecified atom stereocenters. The minimum Gasteiger partial charge on any atom is -0.478 e. The van der Waals surface area contributed by atoms with Crippen LogP contribution in [0.15, 0.2) is 0 Å². The lowest BCUT2D eigenvalue weighted by molar-refractivity contribution is -0.116. The Hall–Kier alpha value is -0.220. The molecule has 0 radical (unpaired) electrons. The number of nitrogens with one attached hydrogen (secondary N) is 1. The highest BCUT2D eigenvalue weighted by atomic mass is 127. The van der Waals surface area contributed by atoms with E-state index in [1.807, 2.05) is 67.8 Å². The Morgan fingerprint density at radius 2 is 1.73 bits per heavy atom. The molecule has 0 aliphatic rings. The largest absolute Gasteiger partial charge is 0.478 e. The average Bonchev–Trinajstić information content (AvgIpc) is 2.42. The van der Waals surface area contributed by atoms with Gasteiger partial charge in [-0.15, -0.1) is 0 Å². The number of nitrogens with two attached hydrogens (primary N) is 1. The normalized spacial score (nSPS) is 10.3. The van der Waals surface area contributed by atoms with Gasteiger partial charge < -0.3 is 21.1 Å². The number of anilines is 2. The molecule has 0 fully saturated rings. The SMILES string of the molecule is CC(=O)N(C)c1c(I)c(NC(=O)CN)c(I)c(C(=O)O)c1I. The summed E-state index contributed by atoms with van der Waals surface area (Å²) in [5, 5.41) is 12.0. The van der Waals surface area contributed by atoms with Gasteiger partial charge in [-0.3, -0.25) is 9.59 Å². The molecule has 1 aromatic carbocycles. The molecule has 0 bridgehead atoms. The molecule has 0 spiro atoms. The fourth-order valence-electron chi connectivity index (χ4n) is 1.59. The second-order valence-corrected chi connectivity index (χ2v) is 7.41. The number of carbonyl (C=O) groups is 3. The lowest BCUT2D eigenvalue weighted by Crippen LogP contribution is -2.28. The molecule has 0 saturated heterocycles. The Labute approximate surface area is 167 Å². The number of carbonyl (C=O) groups excluding carboxylic acids is 2. The summed E-state index contributed by atoms with van der Waals surface area (Å²) >= 11 is 5.74. The Kier molecular flexibility index (Phi) is 7.25. The van der Waals surface area contributed by atoms with Gasteiger partial charge in [0.15, 0.2) is 0 Å². The van der Waals surface area contributed by atoms with E-state index in [0.717, 1.165) is 0 Å². The number of carboxylic acid groups (broad SMARTS) is 1. The molecule has 10 heteroatoms. The summed E-state index contributed by atoms with van der Waals surface area (Å²) in [5.74, 6) is -1.82. The van der Waals surface area contributed by atoms with Crippen LogP contribution in [-0.2, 0) is 9.59 Å². The van der Waals surface area contributed by atoms with Crippen molar-refractivity contribution >= 4 is 96.9 Å². The van der Waals surface area contributed by atoms with Gasteiger partial charge in [-0.05, 0) is 67.8 Å². The average molecular weight is 643 g/mol. The van der Waals surface area contributed by atoms with Gasteiger partial charge in [-0.1, -0.05) is 0 Å². The molecule has 0 atom stereocenters. The number of nitrogens with zero attached hydrogens (tertiary/aromatic N) is 1. The van der Waals surface area contributed by atoms with Crippen molar-refractivity contribution in [2.75, 3.05) is 23.8 Å². The van der Waals surface area contributed by atoms with Crippen molar-refractivity contribution in [2.24, 2.45) is 5.73 Å². The fraction of sp³-hybridized carbons (Fsp3) is 0.250. The standard InChI is InChI=1S/C12H12I3N3O4/c1-4(19)18(2)11-8(14)6(12(21)22)7(13)10(9(11)15)17-5(20)3-16/h3,16H2,1-2H3,(H,17,20)(H,21,22). The number of amides is 2. The van der Waals surface area contributed by atoms with Crippen LogP contribution in [0.1, 0.15) is 17.3 Å². The van der Waals surface area contributed by atoms with Crippen molar-refractivity contribution in [2.45, 2.75) is 6.92 Å². The topological polar surface area (TPSA) is 113 Å². The number of halogens is 3. The Morgan fingerprint density at radius 1 is 1.18 bits per heavy atom. The highest BCUT2D eigenvalue weighted by Crippen LogP contribution is 2.40. The van der Waals surface area contributed by atoms with Gasteiger partial charge >= 0.3 is 5.97 Å². The van der Waals surface area contributed by atoms with E-state index < -0.39 is 11.9 Å². The summed E-state index contributed by atoms with van der Waals surface area (Å²) in [6.45, 7) is 1.15. The van der Waals surface area contributed by atoms with Crippen LogP contribution in [0.5, 0.6) is 0 Å². The van der Waals surface area contributed by atoms with Gasteiger partial charge in [0.2, 0.25) is 11.8 Å². The van der Waals surface area contributed by atoms with E-state index in [-0.39, 0.29) is 18.0 Å². The van der Waals surface area contributed by atoms with Gasteiger partial charge in [-0.2, -0.15) is 0 Å². The lowest BCUT2D eigenvalue weighted by atomic mass is 10.1. The molecule has 0 heterocycles. The predicted molar refractivity (Wildman–Crippen MR) is 108 cm³/mol. The molecule has 1 aromatic rings. The van der Waals surface area contributed by atoms with E-state index in [1.165, 1.54) is 11.8 Å². The summed E-state index contributed by atoms with van der Waals surface area (Å²) in [4.78, 5) is 36.2. The molecule has 2 amide bonds. The second kappa shape index (κ2) is 8.05. The van der Waals surface area contributed by atoms with Crippen LogP contribution in [0.25, 0.3) is 0 Å². The van der Waals surface area contributed by atoms with E-state index in [0.29, 0.717) is 22.1 Å². The zero-order valence-electron chi connectivity index (χ0n) is 11.5. The number of carboxylic acids is 1. The maximum atomic E-state index is 11.7. The monoisotopic (exact) mass is 643 g/mol. The summed E-state index contributed by atoms with van der Waals surface area (Å²) in [6.07, 6.45) is 0. The quantitative estimate of drug-likeness (QED) is 0.436. The first-order valence-corrected chi connectivity index (χ1v) is 9.05. The van der Waals surface area contributed by atoms with Crippen molar-refractivity contribution in [3.63, 3.8) is 0 Å². The Balaban J connectivity index is 3.74. The van der Waals surface area contributed by atoms with Gasteiger partial charge in [0, 0.05) is 14.0 Å². The number of hydrogen-bond acceptors (Lipinski definition) is 4. The fourth-order valence-corrected chi connectivity index (χ4v) is 6.21. The molecule has 0 saturated carbocycles. The zero-order chi connectivity index (χ0) is 17.2. The number of benzene rings is 1. The van der Waals surface area contributed by atoms with Crippen molar-refractivity contribution in [1.82, 2.24) is 0 Å². The molecule has 0 aliphatic heterocycles. The van der Waals surface area contributed by atoms with Crippen LogP contribution < -0.4 is 16.0 Å². The molecule has 1 rings (SSSR count). The van der Waals surface area contributed by atoms with Gasteiger partial charge in [0.1, 0.15) is 0 Å². The predicted octanol–water partition coefficient (Wildman–Crippen LogP) is 2.08. The van der Waals surface area contributed by atoms with E-state index in [4.69, 9.17) is 5.73 Å². The van der Waals surface area contributed by atoms with Gasteiger partial charge in [0.05, 0.1) is 34.2 Å². The molecule has 120 valence electrons. The van der Waals surface area contributed by atoms with Gasteiger partial charge in [0.25, 0.3) is 0 Å². The molecular weight excluding hydrogens is 631 g/mol. The Morgan fingerprint density at radius 3 is 2.14 bits per heavy atom. The maximum Gasteiger partial charge on any atom is 0.338 e. The van der Waals surface area contributed by atoms with E-state index in [9.17, 15) is 19.5 Å². The first-order chi connectivity index (χ1) is 10.1. The molecule has 4 N–H and O–H groups in total. The van der Waals surface area contributed by atoms with Crippen LogP contribution in [0.2, 0.25) is 0 Å². The van der Waals surface area contributed by atoms with Crippen LogP contribution in [-0.4, -0.2) is 36.5 Å². The molecule has 22 heavy (non-hydrogen) atoms. The number of aromatic carboxylic acids is 1. The highest BCUT2D eigenvalue weighted by Gasteiger charge is 2.27. The summed E-state index contributed by atoms with van der Waals surface area (Å²) < 4.78 is 1.40. The van der Waals surface area contributed by atoms with E-state index in [1.54, 1.807) is 7.05 Å². The molecule has 0 aliphatic carbocycles. The third-order valence-electron chi connectivity index (χ3n) is 2.77. The van der Waals surface area contributed by atoms with Crippen LogP contribution in [0.3, 0.4) is 0 Å². The van der Waals surface area contributed by atoms with Crippen LogP contribution in [0, 0.1) is 10.7 Å². The first kappa shape index (κ1) is 19.8. The minimum absolute atomic E-state index is 0.0389. The minimum atomic E-state index is -1.13. The zero-order valence-corrected chi connectivity index (χ0v) is 18.0. The second-order valence-electron chi connectivity index (χ2n) is 4.18. The highest BCUT2D eigenvalue weighted by molar-refractivity contribution is 14.1. The molecular formula is C12H12I3N3O4. The smallest absolute Gasteiger partial charge is 0.338 e. The maximum absolute atomic E-state index is 11.7. The van der Waals surface area contributed by atoms with E-state index >= 15 is 0 Å². The number of rotatable bonds is 4. The molecule has 7 nitrogen and oxygen atoms in total. The summed E-state index contributed by atoms with van der Waals surface area (Å²) in [5.41, 5.74) is 6.12. The van der Waals surface area contributed by atoms with Crippen molar-refractivity contribution in [3.8, 4) is 0 Å². The van der Waals surface area contributed by atoms with Gasteiger partial charge in [-0.25, -0.2) is 4.79 Å². The summed E-state index contributed by atoms with van der Waals surface area (Å²) in [7, 11) is 1.55. The van der Waals surface area contributed by atoms with Crippen LogP contribution >= 0.6 is 67.8 Å². The third kappa shape index (κ3) is 4.00. The first-order valence-electron chi connectivity index (χ1n) is 5.81. The van der Waals surface area contributed by atoms with Crippen LogP contribution in [0.4, 0.5) is 11.4 Å². The molecule has 0 aromatic heterocycles. The third-order valence-corrected chi connectivity index (χ3v) is 5.94. The van der Waals surface area contributed by atoms with Crippen molar-refractivity contribution in [3.05, 3.63) is 16.3 Å². The lowest BCUT2D eigenvalue weighted by Gasteiger charge is -2.23.